The Labute approximate surface area is 128 Å². The highest BCUT2D eigenvalue weighted by molar-refractivity contribution is 7.86. The van der Waals surface area contributed by atoms with Gasteiger partial charge in [0, 0.05) is 0 Å². The second-order valence-corrected chi connectivity index (χ2v) is 6.87. The van der Waals surface area contributed by atoms with Crippen LogP contribution in [0.2, 0.25) is 0 Å². The number of benzene rings is 1. The zero-order valence-electron chi connectivity index (χ0n) is 12.3. The number of carbonyl (C=O) groups is 1. The van der Waals surface area contributed by atoms with Gasteiger partial charge < -0.3 is 9.90 Å². The van der Waals surface area contributed by atoms with Crippen LogP contribution in [-0.4, -0.2) is 26.4 Å². The quantitative estimate of drug-likeness (QED) is 0.704. The molecular weight excluding hydrogens is 318 g/mol. The topological polar surface area (TPSA) is 83.5 Å². The average molecular weight is 335 g/mol. The first-order valence-electron chi connectivity index (χ1n) is 6.57. The molecule has 0 saturated carbocycles. The molecule has 0 heterocycles. The summed E-state index contributed by atoms with van der Waals surface area (Å²) in [4.78, 5) is 10.3. The molecule has 1 aromatic carbocycles. The van der Waals surface area contributed by atoms with E-state index in [4.69, 9.17) is 0 Å². The van der Waals surface area contributed by atoms with Gasteiger partial charge in [0.05, 0.1) is 4.90 Å². The van der Waals surface area contributed by atoms with Gasteiger partial charge in [-0.3, -0.25) is 4.18 Å². The zero-order valence-corrected chi connectivity index (χ0v) is 13.1. The Hall–Kier alpha value is -1.54. The number of halogens is 2. The van der Waals surface area contributed by atoms with E-state index in [2.05, 4.69) is 4.18 Å². The molecule has 22 heavy (non-hydrogen) atoms. The minimum Gasteiger partial charge on any atom is -0.544 e. The fourth-order valence-electron chi connectivity index (χ4n) is 1.72. The summed E-state index contributed by atoms with van der Waals surface area (Å²) in [6.45, 7) is 4.41. The first-order valence-corrected chi connectivity index (χ1v) is 7.98. The molecule has 0 aliphatic carbocycles. The van der Waals surface area contributed by atoms with Crippen LogP contribution in [0, 0.1) is 11.8 Å². The summed E-state index contributed by atoms with van der Waals surface area (Å²) in [5, 5.41) is 10.7. The van der Waals surface area contributed by atoms with Crippen molar-refractivity contribution in [3.05, 3.63) is 30.3 Å². The van der Waals surface area contributed by atoms with Crippen molar-refractivity contribution in [3.8, 4) is 0 Å². The number of hydrogen-bond acceptors (Lipinski definition) is 5. The minimum atomic E-state index is -4.53. The fourth-order valence-corrected chi connectivity index (χ4v) is 2.89. The molecule has 0 aliphatic heterocycles. The maximum atomic E-state index is 13.8. The third-order valence-electron chi connectivity index (χ3n) is 3.42. The minimum absolute atomic E-state index is 0.329. The van der Waals surface area contributed by atoms with Crippen LogP contribution in [0.4, 0.5) is 8.78 Å². The van der Waals surface area contributed by atoms with Crippen molar-refractivity contribution < 1.29 is 31.3 Å². The van der Waals surface area contributed by atoms with E-state index in [1.165, 1.54) is 31.2 Å². The van der Waals surface area contributed by atoms with Gasteiger partial charge in [0.15, 0.2) is 0 Å². The summed E-state index contributed by atoms with van der Waals surface area (Å²) in [6.07, 6.45) is -2.36. The molecule has 124 valence electrons. The Balaban J connectivity index is 3.22. The largest absolute Gasteiger partial charge is 0.544 e. The Morgan fingerprint density at radius 2 is 1.68 bits per heavy atom. The fraction of sp³-hybridized carbons (Fsp3) is 0.500. The number of carbonyl (C=O) groups excluding carboxylic acids is 1. The van der Waals surface area contributed by atoms with Crippen LogP contribution in [0.15, 0.2) is 35.2 Å². The van der Waals surface area contributed by atoms with Crippen LogP contribution in [0.3, 0.4) is 0 Å². The lowest BCUT2D eigenvalue weighted by Gasteiger charge is -2.33. The second-order valence-electron chi connectivity index (χ2n) is 5.30. The Bertz CT molecular complexity index is 613. The molecule has 2 unspecified atom stereocenters. The Kier molecular flexibility index (Phi) is 5.64. The zero-order chi connectivity index (χ0) is 17.1. The monoisotopic (exact) mass is 335 g/mol. The third-order valence-corrected chi connectivity index (χ3v) is 4.73. The molecule has 2 atom stereocenters. The third kappa shape index (κ3) is 4.01. The second kappa shape index (κ2) is 6.70. The van der Waals surface area contributed by atoms with Gasteiger partial charge in [0.25, 0.3) is 10.1 Å². The molecule has 0 radical (unpaired) electrons. The molecular formula is C14H17F2O5S-. The van der Waals surface area contributed by atoms with Gasteiger partial charge in [-0.1, -0.05) is 39.0 Å². The van der Waals surface area contributed by atoms with E-state index in [9.17, 15) is 27.1 Å². The number of hydrogen-bond donors (Lipinski definition) is 0. The lowest BCUT2D eigenvalue weighted by atomic mass is 9.89. The summed E-state index contributed by atoms with van der Waals surface area (Å²) in [6, 6.07) is 6.68. The van der Waals surface area contributed by atoms with E-state index < -0.39 is 39.9 Å². The van der Waals surface area contributed by atoms with E-state index in [1.807, 2.05) is 0 Å². The van der Waals surface area contributed by atoms with Crippen molar-refractivity contribution in [3.63, 3.8) is 0 Å². The van der Waals surface area contributed by atoms with Gasteiger partial charge in [0.1, 0.15) is 12.1 Å². The van der Waals surface area contributed by atoms with Gasteiger partial charge >= 0.3 is 5.92 Å². The molecule has 0 aliphatic rings. The van der Waals surface area contributed by atoms with Crippen molar-refractivity contribution in [1.82, 2.24) is 0 Å². The van der Waals surface area contributed by atoms with E-state index in [-0.39, 0.29) is 4.90 Å². The number of aliphatic carboxylic acids is 1. The summed E-state index contributed by atoms with van der Waals surface area (Å²) in [5.41, 5.74) is 0. The number of alkyl halides is 2. The Morgan fingerprint density at radius 3 is 2.09 bits per heavy atom. The van der Waals surface area contributed by atoms with Crippen molar-refractivity contribution in [2.24, 2.45) is 11.8 Å². The van der Waals surface area contributed by atoms with Gasteiger partial charge in [-0.2, -0.15) is 17.2 Å². The molecule has 0 saturated heterocycles. The van der Waals surface area contributed by atoms with Crippen LogP contribution in [0.25, 0.3) is 0 Å². The lowest BCUT2D eigenvalue weighted by Crippen LogP contribution is -2.54. The molecule has 1 aromatic rings. The lowest BCUT2D eigenvalue weighted by molar-refractivity contribution is -0.336. The molecule has 8 heteroatoms. The van der Waals surface area contributed by atoms with Crippen molar-refractivity contribution in [2.45, 2.75) is 37.7 Å². The average Bonchev–Trinajstić information content (AvgIpc) is 2.44. The van der Waals surface area contributed by atoms with E-state index in [0.29, 0.717) is 0 Å². The highest BCUT2D eigenvalue weighted by Gasteiger charge is 2.48. The normalized spacial score (nSPS) is 15.5. The summed E-state index contributed by atoms with van der Waals surface area (Å²) >= 11 is 0. The molecule has 0 aromatic heterocycles. The summed E-state index contributed by atoms with van der Waals surface area (Å²) in [5.74, 6) is -8.58. The van der Waals surface area contributed by atoms with Crippen LogP contribution < -0.4 is 5.11 Å². The maximum absolute atomic E-state index is 13.8. The molecule has 0 N–H and O–H groups in total. The Morgan fingerprint density at radius 1 is 1.18 bits per heavy atom. The summed E-state index contributed by atoms with van der Waals surface area (Å²) < 4.78 is 56.3. The maximum Gasteiger partial charge on any atom is 0.314 e. The van der Waals surface area contributed by atoms with Crippen molar-refractivity contribution in [2.75, 3.05) is 0 Å². The van der Waals surface area contributed by atoms with Gasteiger partial charge in [0.2, 0.25) is 0 Å². The van der Waals surface area contributed by atoms with Crippen LogP contribution >= 0.6 is 0 Å². The molecule has 0 amide bonds. The predicted molar refractivity (Wildman–Crippen MR) is 72.5 cm³/mol. The first kappa shape index (κ1) is 18.5. The van der Waals surface area contributed by atoms with Crippen LogP contribution in [-0.2, 0) is 19.1 Å². The molecule has 5 nitrogen and oxygen atoms in total. The van der Waals surface area contributed by atoms with Gasteiger partial charge in [-0.05, 0) is 24.0 Å². The summed E-state index contributed by atoms with van der Waals surface area (Å²) in [7, 11) is -4.53. The van der Waals surface area contributed by atoms with Crippen LogP contribution in [0.1, 0.15) is 20.8 Å². The van der Waals surface area contributed by atoms with Crippen LogP contribution in [0.5, 0.6) is 0 Å². The van der Waals surface area contributed by atoms with E-state index in [0.717, 1.165) is 0 Å². The predicted octanol–water partition coefficient (Wildman–Crippen LogP) is 1.44. The van der Waals surface area contributed by atoms with Crippen molar-refractivity contribution >= 4 is 16.1 Å². The van der Waals surface area contributed by atoms with Gasteiger partial charge in [-0.25, -0.2) is 0 Å². The van der Waals surface area contributed by atoms with E-state index in [1.54, 1.807) is 19.9 Å². The standard InChI is InChI=1S/C14H18F2O5S/c1-9(2)10(3)12(14(15,16)13(17)18)21-22(19,20)11-7-5-4-6-8-11/h4-10,12H,1-3H3,(H,17,18)/p-1. The first-order chi connectivity index (χ1) is 10.00. The number of carboxylic acid groups (broad SMARTS) is 1. The molecule has 1 rings (SSSR count). The van der Waals surface area contributed by atoms with Gasteiger partial charge in [-0.15, -0.1) is 0 Å². The molecule has 0 fully saturated rings. The van der Waals surface area contributed by atoms with E-state index >= 15 is 0 Å². The highest BCUT2D eigenvalue weighted by atomic mass is 32.2. The smallest absolute Gasteiger partial charge is 0.314 e. The highest BCUT2D eigenvalue weighted by Crippen LogP contribution is 2.33. The van der Waals surface area contributed by atoms with Crippen molar-refractivity contribution in [1.29, 1.82) is 0 Å². The number of rotatable bonds is 7. The molecule has 0 bridgehead atoms. The number of carboxylic acids is 1. The SMILES string of the molecule is CC(C)C(C)C(OS(=O)(=O)c1ccccc1)C(F)(F)C(=O)[O-]. The molecule has 0 spiro atoms.